The van der Waals surface area contributed by atoms with Crippen molar-refractivity contribution in [3.63, 3.8) is 0 Å². The number of halogens is 3. The van der Waals surface area contributed by atoms with Crippen LogP contribution in [0.3, 0.4) is 0 Å². The molecule has 0 saturated carbocycles. The first kappa shape index (κ1) is 20.9. The number of sulfonamides is 1. The number of carbonyl (C=O) groups is 1. The zero-order valence-corrected chi connectivity index (χ0v) is 16.4. The number of hydrogen-bond acceptors (Lipinski definition) is 5. The highest BCUT2D eigenvalue weighted by Gasteiger charge is 2.41. The van der Waals surface area contributed by atoms with Crippen LogP contribution in [0.1, 0.15) is 18.1 Å². The van der Waals surface area contributed by atoms with Crippen LogP contribution in [0, 0.1) is 0 Å². The van der Waals surface area contributed by atoms with Gasteiger partial charge in [-0.3, -0.25) is 9.10 Å². The number of para-hydroxylation sites is 1. The predicted molar refractivity (Wildman–Crippen MR) is 103 cm³/mol. The molecule has 0 fully saturated rings. The van der Waals surface area contributed by atoms with E-state index >= 15 is 0 Å². The minimum Gasteiger partial charge on any atom is -0.371 e. The van der Waals surface area contributed by atoms with Crippen molar-refractivity contribution in [3.05, 3.63) is 47.7 Å². The van der Waals surface area contributed by atoms with Gasteiger partial charge in [0.15, 0.2) is 0 Å². The van der Waals surface area contributed by atoms with Crippen molar-refractivity contribution in [2.24, 2.45) is 0 Å². The second-order valence-corrected chi connectivity index (χ2v) is 8.54. The molecule has 0 saturated heterocycles. The van der Waals surface area contributed by atoms with Crippen LogP contribution in [-0.2, 0) is 27.4 Å². The maximum atomic E-state index is 13.0. The molecule has 11 heteroatoms. The number of fused-ring (bicyclic) bond motifs is 1. The molecule has 2 N–H and O–H groups in total. The molecule has 1 aromatic carbocycles. The van der Waals surface area contributed by atoms with Crippen LogP contribution >= 0.6 is 0 Å². The largest absolute Gasteiger partial charge is 0.417 e. The Balaban J connectivity index is 1.97. The van der Waals surface area contributed by atoms with Gasteiger partial charge in [0.2, 0.25) is 15.9 Å². The van der Waals surface area contributed by atoms with Gasteiger partial charge in [0.25, 0.3) is 0 Å². The van der Waals surface area contributed by atoms with Crippen molar-refractivity contribution >= 4 is 33.1 Å². The molecular formula is C18H19F3N4O3S. The van der Waals surface area contributed by atoms with Crippen molar-refractivity contribution in [1.82, 2.24) is 4.98 Å². The molecule has 7 nitrogen and oxygen atoms in total. The summed E-state index contributed by atoms with van der Waals surface area (Å²) in [5.74, 6) is -0.930. The second-order valence-electron chi connectivity index (χ2n) is 6.40. The van der Waals surface area contributed by atoms with E-state index in [0.717, 1.165) is 10.4 Å². The lowest BCUT2D eigenvalue weighted by Crippen LogP contribution is -2.46. The summed E-state index contributed by atoms with van der Waals surface area (Å²) >= 11 is 0. The molecule has 29 heavy (non-hydrogen) atoms. The molecule has 2 heterocycles. The Hall–Kier alpha value is -2.82. The molecule has 0 aliphatic carbocycles. The first-order chi connectivity index (χ1) is 13.6. The Morgan fingerprint density at radius 2 is 2.00 bits per heavy atom. The number of rotatable bonds is 5. The van der Waals surface area contributed by atoms with Crippen molar-refractivity contribution in [1.29, 1.82) is 0 Å². The fourth-order valence-electron chi connectivity index (χ4n) is 3.17. The molecule has 0 bridgehead atoms. The van der Waals surface area contributed by atoms with E-state index in [1.807, 2.05) is 0 Å². The van der Waals surface area contributed by atoms with Gasteiger partial charge in [-0.15, -0.1) is 0 Å². The van der Waals surface area contributed by atoms with Gasteiger partial charge in [-0.1, -0.05) is 18.2 Å². The maximum Gasteiger partial charge on any atom is 0.417 e. The lowest BCUT2D eigenvalue weighted by atomic mass is 10.1. The van der Waals surface area contributed by atoms with E-state index in [1.54, 1.807) is 24.3 Å². The molecule has 3 rings (SSSR count). The molecule has 1 aliphatic rings. The molecule has 1 atom stereocenters. The number of carbonyl (C=O) groups excluding carboxylic acids is 1. The molecule has 0 spiro atoms. The smallest absolute Gasteiger partial charge is 0.371 e. The first-order valence-corrected chi connectivity index (χ1v) is 10.3. The molecule has 1 unspecified atom stereocenters. The maximum absolute atomic E-state index is 13.0. The summed E-state index contributed by atoms with van der Waals surface area (Å²) in [4.78, 5) is 16.6. The van der Waals surface area contributed by atoms with Crippen LogP contribution in [0.4, 0.5) is 30.4 Å². The van der Waals surface area contributed by atoms with E-state index in [9.17, 15) is 26.4 Å². The van der Waals surface area contributed by atoms with Crippen LogP contribution in [0.2, 0.25) is 0 Å². The van der Waals surface area contributed by atoms with E-state index in [-0.39, 0.29) is 23.7 Å². The molecule has 1 aromatic heterocycles. The Kier molecular flexibility index (Phi) is 5.44. The second kappa shape index (κ2) is 7.54. The van der Waals surface area contributed by atoms with Crippen LogP contribution < -0.4 is 14.9 Å². The number of pyridine rings is 1. The van der Waals surface area contributed by atoms with Crippen LogP contribution in [0.15, 0.2) is 36.5 Å². The van der Waals surface area contributed by atoms with Crippen LogP contribution in [0.5, 0.6) is 0 Å². The Bertz CT molecular complexity index is 1040. The summed E-state index contributed by atoms with van der Waals surface area (Å²) in [5, 5.41) is 5.02. The number of amides is 1. The van der Waals surface area contributed by atoms with Crippen molar-refractivity contribution in [2.45, 2.75) is 25.6 Å². The van der Waals surface area contributed by atoms with E-state index in [0.29, 0.717) is 17.4 Å². The summed E-state index contributed by atoms with van der Waals surface area (Å²) in [6, 6.07) is 6.35. The zero-order chi connectivity index (χ0) is 21.4. The van der Waals surface area contributed by atoms with Gasteiger partial charge in [0.1, 0.15) is 11.9 Å². The van der Waals surface area contributed by atoms with E-state index in [4.69, 9.17) is 0 Å². The van der Waals surface area contributed by atoms with Crippen molar-refractivity contribution in [3.8, 4) is 0 Å². The van der Waals surface area contributed by atoms with Gasteiger partial charge in [-0.05, 0) is 24.6 Å². The summed E-state index contributed by atoms with van der Waals surface area (Å²) < 4.78 is 65.3. The molecule has 2 aromatic rings. The molecule has 1 aliphatic heterocycles. The van der Waals surface area contributed by atoms with Gasteiger partial charge in [0.05, 0.1) is 22.7 Å². The number of hydrogen-bond donors (Lipinski definition) is 2. The number of alkyl halides is 3. The van der Waals surface area contributed by atoms with Crippen molar-refractivity contribution in [2.75, 3.05) is 27.7 Å². The Morgan fingerprint density at radius 1 is 1.31 bits per heavy atom. The fraction of sp³-hybridized carbons (Fsp3) is 0.333. The van der Waals surface area contributed by atoms with E-state index in [2.05, 4.69) is 15.6 Å². The summed E-state index contributed by atoms with van der Waals surface area (Å²) in [5.41, 5.74) is -0.150. The third-order valence-electron chi connectivity index (χ3n) is 4.60. The van der Waals surface area contributed by atoms with Gasteiger partial charge >= 0.3 is 6.18 Å². The van der Waals surface area contributed by atoms with Gasteiger partial charge in [-0.25, -0.2) is 13.4 Å². The topological polar surface area (TPSA) is 91.4 Å². The van der Waals surface area contributed by atoms with Gasteiger partial charge < -0.3 is 10.6 Å². The average molecular weight is 428 g/mol. The number of nitrogens with one attached hydrogen (secondary N) is 2. The van der Waals surface area contributed by atoms with E-state index in [1.165, 1.54) is 14.0 Å². The quantitative estimate of drug-likeness (QED) is 0.764. The predicted octanol–water partition coefficient (Wildman–Crippen LogP) is 2.86. The van der Waals surface area contributed by atoms with Crippen LogP contribution in [-0.4, -0.2) is 38.2 Å². The molecule has 0 radical (unpaired) electrons. The number of benzene rings is 1. The van der Waals surface area contributed by atoms with Crippen molar-refractivity contribution < 1.29 is 26.4 Å². The highest BCUT2D eigenvalue weighted by molar-refractivity contribution is 7.92. The summed E-state index contributed by atoms with van der Waals surface area (Å²) in [7, 11) is -2.33. The first-order valence-electron chi connectivity index (χ1n) is 8.74. The monoisotopic (exact) mass is 428 g/mol. The number of anilines is 3. The minimum absolute atomic E-state index is 0.0340. The highest BCUT2D eigenvalue weighted by Crippen LogP contribution is 2.36. The zero-order valence-electron chi connectivity index (χ0n) is 15.6. The van der Waals surface area contributed by atoms with E-state index < -0.39 is 33.7 Å². The Labute approximate surface area is 166 Å². The number of nitrogens with zero attached hydrogens (tertiary/aromatic N) is 2. The van der Waals surface area contributed by atoms with Gasteiger partial charge in [-0.2, -0.15) is 13.2 Å². The van der Waals surface area contributed by atoms with Crippen LogP contribution in [0.25, 0.3) is 0 Å². The normalized spacial score (nSPS) is 16.4. The third-order valence-corrected chi connectivity index (χ3v) is 6.38. The minimum atomic E-state index is -4.64. The number of aromatic nitrogens is 1. The Morgan fingerprint density at radius 3 is 2.62 bits per heavy atom. The highest BCUT2D eigenvalue weighted by atomic mass is 32.2. The summed E-state index contributed by atoms with van der Waals surface area (Å²) in [6.45, 7) is 1.46. The fourth-order valence-corrected chi connectivity index (χ4v) is 4.48. The molecule has 1 amide bonds. The lowest BCUT2D eigenvalue weighted by molar-refractivity contribution is -0.137. The molecular weight excluding hydrogens is 409 g/mol. The average Bonchev–Trinajstić information content (AvgIpc) is 3.08. The standard InChI is InChI=1S/C18H19F3N4O3S/c1-3-29(27,28)25-14-7-5-4-6-11(14)8-15(25)17(26)24-13-9-12(18(19,20)21)10-23-16(13)22-2/h4-7,9-10,15H,3,8H2,1-2H3,(H,22,23)(H,24,26). The lowest BCUT2D eigenvalue weighted by Gasteiger charge is -2.26. The summed E-state index contributed by atoms with van der Waals surface area (Å²) in [6.07, 6.45) is -3.87. The van der Waals surface area contributed by atoms with Gasteiger partial charge in [0, 0.05) is 19.7 Å². The molecule has 156 valence electrons. The SMILES string of the molecule is CCS(=O)(=O)N1c2ccccc2CC1C(=O)Nc1cc(C(F)(F)F)cnc1NC. The third kappa shape index (κ3) is 4.00.